The van der Waals surface area contributed by atoms with E-state index in [4.69, 9.17) is 0 Å². The molecule has 0 fully saturated rings. The second-order valence-electron chi connectivity index (χ2n) is 2.22. The molecule has 0 aliphatic heterocycles. The van der Waals surface area contributed by atoms with Crippen molar-refractivity contribution >= 4 is 62.3 Å². The van der Waals surface area contributed by atoms with Gasteiger partial charge < -0.3 is 10.1 Å². The van der Waals surface area contributed by atoms with E-state index >= 15 is 0 Å². The number of rotatable bonds is 0. The largest absolute Gasteiger partial charge is 0.506 e. The summed E-state index contributed by atoms with van der Waals surface area (Å²) in [6.07, 6.45) is 1.59. The van der Waals surface area contributed by atoms with Gasteiger partial charge in [0.2, 0.25) is 0 Å². The van der Waals surface area contributed by atoms with E-state index in [1.54, 1.807) is 6.20 Å². The van der Waals surface area contributed by atoms with E-state index in [9.17, 15) is 5.11 Å². The zero-order valence-corrected chi connectivity index (χ0v) is 9.46. The zero-order chi connectivity index (χ0) is 6.97. The first kappa shape index (κ1) is 9.29. The van der Waals surface area contributed by atoms with Gasteiger partial charge in [0.15, 0.2) is 0 Å². The Bertz CT molecular complexity index is 356. The molecule has 0 unspecified atom stereocenters. The fraction of sp³-hybridized carbons (Fsp3) is 0. The molecule has 1 aromatic carbocycles. The summed E-state index contributed by atoms with van der Waals surface area (Å²) >= 11 is 0. The minimum absolute atomic E-state index is 0. The summed E-state index contributed by atoms with van der Waals surface area (Å²) in [5, 5.41) is 10.1. The minimum Gasteiger partial charge on any atom is -0.506 e. The molecular formula is C8H7KNO. The second kappa shape index (κ2) is 3.73. The van der Waals surface area contributed by atoms with Crippen LogP contribution < -0.4 is 0 Å². The van der Waals surface area contributed by atoms with Gasteiger partial charge in [0, 0.05) is 68.5 Å². The quantitative estimate of drug-likeness (QED) is 0.580. The van der Waals surface area contributed by atoms with Crippen molar-refractivity contribution in [2.45, 2.75) is 0 Å². The molecule has 0 aliphatic rings. The van der Waals surface area contributed by atoms with Crippen molar-refractivity contribution in [1.29, 1.82) is 0 Å². The van der Waals surface area contributed by atoms with E-state index < -0.39 is 0 Å². The van der Waals surface area contributed by atoms with Gasteiger partial charge in [-0.1, -0.05) is 12.1 Å². The summed E-state index contributed by atoms with van der Waals surface area (Å²) in [5.74, 6) is 0.315. The molecular weight excluding hydrogens is 165 g/mol. The van der Waals surface area contributed by atoms with E-state index in [2.05, 4.69) is 4.98 Å². The fourth-order valence-corrected chi connectivity index (χ4v) is 1.06. The van der Waals surface area contributed by atoms with Gasteiger partial charge >= 0.3 is 0 Å². The molecule has 51 valence electrons. The average molecular weight is 172 g/mol. The van der Waals surface area contributed by atoms with Crippen LogP contribution in [0, 0.1) is 0 Å². The number of H-pyrrole nitrogens is 1. The van der Waals surface area contributed by atoms with E-state index in [-0.39, 0.29) is 51.4 Å². The molecule has 0 spiro atoms. The number of hydrogen-bond donors (Lipinski definition) is 2. The first-order valence-corrected chi connectivity index (χ1v) is 3.13. The third-order valence-corrected chi connectivity index (χ3v) is 1.57. The number of aromatic hydroxyl groups is 1. The van der Waals surface area contributed by atoms with Crippen LogP contribution in [0.15, 0.2) is 30.5 Å². The maximum atomic E-state index is 9.18. The molecule has 2 rings (SSSR count). The number of fused-ring (bicyclic) bond motifs is 1. The maximum Gasteiger partial charge on any atom is 0.140 e. The van der Waals surface area contributed by atoms with Crippen LogP contribution in [0.2, 0.25) is 0 Å². The Morgan fingerprint density at radius 3 is 2.64 bits per heavy atom. The normalized spacial score (nSPS) is 9.45. The third kappa shape index (κ3) is 1.68. The van der Waals surface area contributed by atoms with Crippen molar-refractivity contribution in [3.8, 4) is 5.75 Å². The number of hydrogen-bond acceptors (Lipinski definition) is 1. The maximum absolute atomic E-state index is 9.18. The Kier molecular flexibility index (Phi) is 3.15. The van der Waals surface area contributed by atoms with Gasteiger partial charge in [0.05, 0.1) is 0 Å². The first-order valence-electron chi connectivity index (χ1n) is 3.13. The van der Waals surface area contributed by atoms with Crippen LogP contribution in [0.5, 0.6) is 5.75 Å². The zero-order valence-electron chi connectivity index (χ0n) is 6.33. The molecule has 0 aliphatic carbocycles. The van der Waals surface area contributed by atoms with Gasteiger partial charge in [0.25, 0.3) is 0 Å². The van der Waals surface area contributed by atoms with Gasteiger partial charge in [-0.15, -0.1) is 0 Å². The van der Waals surface area contributed by atoms with E-state index in [1.165, 1.54) is 0 Å². The van der Waals surface area contributed by atoms with Crippen molar-refractivity contribution in [2.75, 3.05) is 0 Å². The fourth-order valence-electron chi connectivity index (χ4n) is 1.06. The Morgan fingerprint density at radius 1 is 1.18 bits per heavy atom. The standard InChI is InChI=1S/C8H7NO.K/c10-8-5-9-7-4-2-1-3-6(7)8;/h1-5,9-10H;. The molecule has 0 saturated heterocycles. The third-order valence-electron chi connectivity index (χ3n) is 1.57. The van der Waals surface area contributed by atoms with E-state index in [1.807, 2.05) is 24.3 Å². The van der Waals surface area contributed by atoms with Gasteiger partial charge in [0.1, 0.15) is 5.75 Å². The summed E-state index contributed by atoms with van der Waals surface area (Å²) in [7, 11) is 0. The van der Waals surface area contributed by atoms with Gasteiger partial charge in [-0.25, -0.2) is 0 Å². The molecule has 1 aromatic heterocycles. The second-order valence-corrected chi connectivity index (χ2v) is 2.22. The number of benzene rings is 1. The van der Waals surface area contributed by atoms with Gasteiger partial charge in [-0.2, -0.15) is 0 Å². The van der Waals surface area contributed by atoms with Gasteiger partial charge in [-0.3, -0.25) is 0 Å². The topological polar surface area (TPSA) is 36.0 Å². The Labute approximate surface area is 107 Å². The first-order chi connectivity index (χ1) is 4.88. The molecule has 0 bridgehead atoms. The SMILES string of the molecule is Oc1c[nH]c2ccccc12.[K]. The van der Waals surface area contributed by atoms with Crippen molar-refractivity contribution in [1.82, 2.24) is 4.98 Å². The summed E-state index contributed by atoms with van der Waals surface area (Å²) in [6, 6.07) is 7.63. The van der Waals surface area contributed by atoms with Crippen LogP contribution in [0.4, 0.5) is 0 Å². The van der Waals surface area contributed by atoms with Crippen molar-refractivity contribution in [2.24, 2.45) is 0 Å². The Hall–Kier alpha value is 0.196. The van der Waals surface area contributed by atoms with Crippen LogP contribution in [-0.2, 0) is 0 Å². The summed E-state index contributed by atoms with van der Waals surface area (Å²) < 4.78 is 0. The number of para-hydroxylation sites is 1. The summed E-state index contributed by atoms with van der Waals surface area (Å²) in [5.41, 5.74) is 0.972. The number of nitrogens with one attached hydrogen (secondary N) is 1. The number of aromatic nitrogens is 1. The smallest absolute Gasteiger partial charge is 0.140 e. The van der Waals surface area contributed by atoms with E-state index in [0.29, 0.717) is 5.75 Å². The molecule has 2 N–H and O–H groups in total. The van der Waals surface area contributed by atoms with Crippen LogP contribution in [0.1, 0.15) is 0 Å². The summed E-state index contributed by atoms with van der Waals surface area (Å²) in [6.45, 7) is 0. The molecule has 11 heavy (non-hydrogen) atoms. The monoisotopic (exact) mass is 172 g/mol. The van der Waals surface area contributed by atoms with Crippen LogP contribution in [-0.4, -0.2) is 61.5 Å². The molecule has 0 atom stereocenters. The van der Waals surface area contributed by atoms with E-state index in [0.717, 1.165) is 10.9 Å². The van der Waals surface area contributed by atoms with Crippen LogP contribution >= 0.6 is 0 Å². The predicted molar refractivity (Wildman–Crippen MR) is 45.7 cm³/mol. The molecule has 1 heterocycles. The summed E-state index contributed by atoms with van der Waals surface area (Å²) in [4.78, 5) is 2.94. The Morgan fingerprint density at radius 2 is 1.91 bits per heavy atom. The molecule has 0 amide bonds. The Balaban J connectivity index is 0.000000605. The molecule has 2 aromatic rings. The average Bonchev–Trinajstić information content (AvgIpc) is 2.34. The van der Waals surface area contributed by atoms with Gasteiger partial charge in [-0.05, 0) is 12.1 Å². The van der Waals surface area contributed by atoms with Crippen molar-refractivity contribution < 1.29 is 5.11 Å². The molecule has 1 radical (unpaired) electrons. The molecule has 0 saturated carbocycles. The molecule has 2 nitrogen and oxygen atoms in total. The van der Waals surface area contributed by atoms with Crippen molar-refractivity contribution in [3.63, 3.8) is 0 Å². The van der Waals surface area contributed by atoms with Crippen LogP contribution in [0.3, 0.4) is 0 Å². The van der Waals surface area contributed by atoms with Crippen LogP contribution in [0.25, 0.3) is 10.9 Å². The molecule has 3 heteroatoms. The minimum atomic E-state index is 0. The predicted octanol–water partition coefficient (Wildman–Crippen LogP) is 1.49. The number of aromatic amines is 1. The van der Waals surface area contributed by atoms with Crippen molar-refractivity contribution in [3.05, 3.63) is 30.5 Å².